The first-order valence-corrected chi connectivity index (χ1v) is 10.8. The summed E-state index contributed by atoms with van der Waals surface area (Å²) in [5.41, 5.74) is 3.84. The number of carboxylic acids is 1. The number of hydrogen-bond donors (Lipinski definition) is 2. The van der Waals surface area contributed by atoms with E-state index in [0.717, 1.165) is 58.6 Å². The molecule has 6 heteroatoms. The Morgan fingerprint density at radius 2 is 2.03 bits per heavy atom. The molecule has 0 aliphatic carbocycles. The molecule has 0 spiro atoms. The molecule has 4 aromatic rings. The average Bonchev–Trinajstić information content (AvgIpc) is 3.30. The summed E-state index contributed by atoms with van der Waals surface area (Å²) in [4.78, 5) is 22.7. The van der Waals surface area contributed by atoms with Crippen LogP contribution in [0.2, 0.25) is 0 Å². The lowest BCUT2D eigenvalue weighted by Gasteiger charge is -2.36. The minimum atomic E-state index is -0.789. The molecule has 1 fully saturated rings. The Hall–Kier alpha value is -2.70. The summed E-state index contributed by atoms with van der Waals surface area (Å²) < 4.78 is 1.20. The van der Waals surface area contributed by atoms with Crippen LogP contribution in [0.4, 0.5) is 0 Å². The third-order valence-corrected chi connectivity index (χ3v) is 7.13. The molecule has 1 aliphatic rings. The van der Waals surface area contributed by atoms with Gasteiger partial charge in [0.1, 0.15) is 6.04 Å². The SMILES string of the molecule is Cc1[nH]c2ccccc2c1[C@@H](C(=O)O)N1CCC[C@@H](c2nc3ccccc3s2)C1. The zero-order chi connectivity index (χ0) is 20.0. The lowest BCUT2D eigenvalue weighted by Crippen LogP contribution is -2.41. The van der Waals surface area contributed by atoms with E-state index in [1.54, 1.807) is 11.3 Å². The van der Waals surface area contributed by atoms with Gasteiger partial charge in [-0.3, -0.25) is 9.69 Å². The fourth-order valence-electron chi connectivity index (χ4n) is 4.62. The number of likely N-dealkylation sites (tertiary alicyclic amines) is 1. The Morgan fingerprint density at radius 3 is 2.86 bits per heavy atom. The lowest BCUT2D eigenvalue weighted by molar-refractivity contribution is -0.144. The van der Waals surface area contributed by atoms with Gasteiger partial charge in [-0.15, -0.1) is 11.3 Å². The highest BCUT2D eigenvalue weighted by atomic mass is 32.1. The van der Waals surface area contributed by atoms with Crippen molar-refractivity contribution in [3.63, 3.8) is 0 Å². The van der Waals surface area contributed by atoms with Gasteiger partial charge in [-0.25, -0.2) is 4.98 Å². The highest BCUT2D eigenvalue weighted by Gasteiger charge is 2.35. The van der Waals surface area contributed by atoms with E-state index in [9.17, 15) is 9.90 Å². The molecule has 1 saturated heterocycles. The molecular formula is C23H23N3O2S. The first-order chi connectivity index (χ1) is 14.1. The normalized spacial score (nSPS) is 19.0. The minimum absolute atomic E-state index is 0.272. The lowest BCUT2D eigenvalue weighted by atomic mass is 9.94. The summed E-state index contributed by atoms with van der Waals surface area (Å²) in [5.74, 6) is -0.517. The average molecular weight is 406 g/mol. The van der Waals surface area contributed by atoms with E-state index in [-0.39, 0.29) is 5.92 Å². The molecule has 29 heavy (non-hydrogen) atoms. The quantitative estimate of drug-likeness (QED) is 0.496. The molecule has 0 radical (unpaired) electrons. The number of carboxylic acid groups (broad SMARTS) is 1. The van der Waals surface area contributed by atoms with Gasteiger partial charge in [-0.05, 0) is 44.5 Å². The van der Waals surface area contributed by atoms with Crippen molar-refractivity contribution in [1.29, 1.82) is 0 Å². The van der Waals surface area contributed by atoms with Crippen LogP contribution in [-0.2, 0) is 4.79 Å². The van der Waals surface area contributed by atoms with Gasteiger partial charge in [0.25, 0.3) is 0 Å². The molecule has 3 heterocycles. The highest BCUT2D eigenvalue weighted by molar-refractivity contribution is 7.18. The number of para-hydroxylation sites is 2. The van der Waals surface area contributed by atoms with E-state index in [2.05, 4.69) is 16.0 Å². The maximum Gasteiger partial charge on any atom is 0.325 e. The Balaban J connectivity index is 1.50. The van der Waals surface area contributed by atoms with Gasteiger partial charge in [0.05, 0.1) is 15.2 Å². The summed E-state index contributed by atoms with van der Waals surface area (Å²) >= 11 is 1.74. The molecule has 0 unspecified atom stereocenters. The summed E-state index contributed by atoms with van der Waals surface area (Å²) in [7, 11) is 0. The van der Waals surface area contributed by atoms with E-state index in [1.165, 1.54) is 4.70 Å². The van der Waals surface area contributed by atoms with Crippen LogP contribution in [0.3, 0.4) is 0 Å². The second kappa shape index (κ2) is 7.28. The van der Waals surface area contributed by atoms with Crippen molar-refractivity contribution in [3.8, 4) is 0 Å². The smallest absolute Gasteiger partial charge is 0.325 e. The summed E-state index contributed by atoms with van der Waals surface area (Å²) in [6, 6.07) is 15.5. The predicted molar refractivity (Wildman–Crippen MR) is 117 cm³/mol. The van der Waals surface area contributed by atoms with Crippen LogP contribution < -0.4 is 0 Å². The largest absolute Gasteiger partial charge is 0.480 e. The van der Waals surface area contributed by atoms with Crippen molar-refractivity contribution in [2.45, 2.75) is 31.7 Å². The number of aryl methyl sites for hydroxylation is 1. The molecular weight excluding hydrogens is 382 g/mol. The van der Waals surface area contributed by atoms with Gasteiger partial charge in [0, 0.05) is 34.6 Å². The number of thiazole rings is 1. The van der Waals surface area contributed by atoms with Gasteiger partial charge in [-0.2, -0.15) is 0 Å². The minimum Gasteiger partial charge on any atom is -0.480 e. The molecule has 2 atom stereocenters. The number of benzene rings is 2. The molecule has 2 aromatic carbocycles. The van der Waals surface area contributed by atoms with Crippen molar-refractivity contribution < 1.29 is 9.90 Å². The van der Waals surface area contributed by atoms with Crippen molar-refractivity contribution in [1.82, 2.24) is 14.9 Å². The zero-order valence-corrected chi connectivity index (χ0v) is 17.1. The molecule has 2 aromatic heterocycles. The van der Waals surface area contributed by atoms with Gasteiger partial charge in [-0.1, -0.05) is 30.3 Å². The first-order valence-electron chi connectivity index (χ1n) is 10.0. The van der Waals surface area contributed by atoms with Crippen molar-refractivity contribution in [3.05, 3.63) is 64.8 Å². The fraction of sp³-hybridized carbons (Fsp3) is 0.304. The van der Waals surface area contributed by atoms with Crippen molar-refractivity contribution >= 4 is 38.4 Å². The maximum atomic E-state index is 12.4. The number of aliphatic carboxylic acids is 1. The number of aromatic amines is 1. The van der Waals surface area contributed by atoms with Gasteiger partial charge in [0.2, 0.25) is 0 Å². The topological polar surface area (TPSA) is 69.2 Å². The number of H-pyrrole nitrogens is 1. The third-order valence-electron chi connectivity index (χ3n) is 5.93. The van der Waals surface area contributed by atoms with Crippen molar-refractivity contribution in [2.24, 2.45) is 0 Å². The number of aromatic nitrogens is 2. The number of hydrogen-bond acceptors (Lipinski definition) is 4. The second-order valence-electron chi connectivity index (χ2n) is 7.80. The number of nitrogens with zero attached hydrogens (tertiary/aromatic N) is 2. The third kappa shape index (κ3) is 3.22. The number of carbonyl (C=O) groups is 1. The Kier molecular flexibility index (Phi) is 4.60. The van der Waals surface area contributed by atoms with Crippen LogP contribution in [0.1, 0.15) is 41.1 Å². The molecule has 5 nitrogen and oxygen atoms in total. The van der Waals surface area contributed by atoms with Gasteiger partial charge < -0.3 is 10.1 Å². The zero-order valence-electron chi connectivity index (χ0n) is 16.3. The van der Waals surface area contributed by atoms with E-state index in [0.29, 0.717) is 0 Å². The van der Waals surface area contributed by atoms with Crippen LogP contribution in [0, 0.1) is 6.92 Å². The first kappa shape index (κ1) is 18.3. The molecule has 148 valence electrons. The standard InChI is InChI=1S/C23H23N3O2S/c1-14-20(16-8-2-3-9-17(16)24-14)21(23(27)28)26-12-6-7-15(13-26)22-25-18-10-4-5-11-19(18)29-22/h2-5,8-11,15,21,24H,6-7,12-13H2,1H3,(H,27,28)/t15-,21+/m1/s1. The van der Waals surface area contributed by atoms with Gasteiger partial charge >= 0.3 is 5.97 Å². The second-order valence-corrected chi connectivity index (χ2v) is 8.87. The van der Waals surface area contributed by atoms with Crippen LogP contribution in [0.25, 0.3) is 21.1 Å². The molecule has 0 saturated carbocycles. The van der Waals surface area contributed by atoms with Crippen LogP contribution >= 0.6 is 11.3 Å². The Morgan fingerprint density at radius 1 is 1.24 bits per heavy atom. The maximum absolute atomic E-state index is 12.4. The summed E-state index contributed by atoms with van der Waals surface area (Å²) in [6.45, 7) is 3.48. The van der Waals surface area contributed by atoms with Crippen LogP contribution in [0.5, 0.6) is 0 Å². The van der Waals surface area contributed by atoms with Crippen LogP contribution in [-0.4, -0.2) is 39.0 Å². The fourth-order valence-corrected chi connectivity index (χ4v) is 5.71. The van der Waals surface area contributed by atoms with E-state index < -0.39 is 12.0 Å². The molecule has 0 bridgehead atoms. The molecule has 1 aliphatic heterocycles. The van der Waals surface area contributed by atoms with E-state index in [1.807, 2.05) is 49.4 Å². The predicted octanol–water partition coefficient (Wildman–Crippen LogP) is 5.09. The van der Waals surface area contributed by atoms with Crippen LogP contribution in [0.15, 0.2) is 48.5 Å². The number of fused-ring (bicyclic) bond motifs is 2. The molecule has 2 N–H and O–H groups in total. The summed E-state index contributed by atoms with van der Waals surface area (Å²) in [5, 5.41) is 12.3. The molecule has 5 rings (SSSR count). The Labute approximate surface area is 173 Å². The van der Waals surface area contributed by atoms with E-state index in [4.69, 9.17) is 4.98 Å². The monoisotopic (exact) mass is 405 g/mol. The highest BCUT2D eigenvalue weighted by Crippen LogP contribution is 2.38. The Bertz CT molecular complexity index is 1160. The van der Waals surface area contributed by atoms with Gasteiger partial charge in [0.15, 0.2) is 0 Å². The number of rotatable bonds is 4. The number of nitrogens with one attached hydrogen (secondary N) is 1. The number of piperidine rings is 1. The van der Waals surface area contributed by atoms with E-state index >= 15 is 0 Å². The summed E-state index contributed by atoms with van der Waals surface area (Å²) in [6.07, 6.45) is 2.03. The molecule has 0 amide bonds. The van der Waals surface area contributed by atoms with Crippen molar-refractivity contribution in [2.75, 3.05) is 13.1 Å².